The lowest BCUT2D eigenvalue weighted by Gasteiger charge is -2.10. The average molecular weight is 284 g/mol. The highest BCUT2D eigenvalue weighted by atomic mass is 19.1. The molecule has 1 heterocycles. The molecule has 0 aliphatic rings. The molecule has 2 aromatic carbocycles. The molecular weight excluding hydrogens is 271 g/mol. The molecule has 0 unspecified atom stereocenters. The van der Waals surface area contributed by atoms with Crippen LogP contribution in [-0.2, 0) is 6.61 Å². The molecule has 1 aromatic heterocycles. The van der Waals surface area contributed by atoms with Crippen LogP contribution in [0.4, 0.5) is 10.3 Å². The number of aromatic nitrogens is 2. The van der Waals surface area contributed by atoms with Gasteiger partial charge in [0.15, 0.2) is 0 Å². The van der Waals surface area contributed by atoms with E-state index in [4.69, 9.17) is 10.6 Å². The van der Waals surface area contributed by atoms with Gasteiger partial charge >= 0.3 is 0 Å². The number of hydrazine groups is 1. The lowest BCUT2D eigenvalue weighted by molar-refractivity contribution is 0.292. The first-order chi connectivity index (χ1) is 10.3. The number of hydrogen-bond acceptors (Lipinski definition) is 5. The van der Waals surface area contributed by atoms with Crippen molar-refractivity contribution in [3.8, 4) is 5.88 Å². The van der Waals surface area contributed by atoms with Crippen molar-refractivity contribution in [1.29, 1.82) is 0 Å². The number of nitrogen functional groups attached to an aromatic ring is 1. The van der Waals surface area contributed by atoms with Gasteiger partial charge in [0.1, 0.15) is 12.4 Å². The number of nitrogens with one attached hydrogen (secondary N) is 1. The number of halogens is 1. The summed E-state index contributed by atoms with van der Waals surface area (Å²) >= 11 is 0. The van der Waals surface area contributed by atoms with Gasteiger partial charge in [-0.2, -0.15) is 4.98 Å². The molecule has 5 nitrogen and oxygen atoms in total. The van der Waals surface area contributed by atoms with Crippen molar-refractivity contribution in [1.82, 2.24) is 9.97 Å². The summed E-state index contributed by atoms with van der Waals surface area (Å²) in [6, 6.07) is 13.8. The lowest BCUT2D eigenvalue weighted by atomic mass is 10.2. The molecule has 0 bridgehead atoms. The van der Waals surface area contributed by atoms with Crippen LogP contribution in [0.2, 0.25) is 0 Å². The summed E-state index contributed by atoms with van der Waals surface area (Å²) in [7, 11) is 0. The second kappa shape index (κ2) is 5.72. The molecule has 0 aliphatic carbocycles. The zero-order valence-electron chi connectivity index (χ0n) is 11.1. The van der Waals surface area contributed by atoms with Crippen LogP contribution in [0.3, 0.4) is 0 Å². The summed E-state index contributed by atoms with van der Waals surface area (Å²) in [5, 5.41) is 0.743. The highest BCUT2D eigenvalue weighted by Crippen LogP contribution is 2.24. The topological polar surface area (TPSA) is 73.1 Å². The Bertz CT molecular complexity index is 778. The van der Waals surface area contributed by atoms with Crippen LogP contribution < -0.4 is 16.0 Å². The Hall–Kier alpha value is -2.73. The number of hydrogen-bond donors (Lipinski definition) is 2. The summed E-state index contributed by atoms with van der Waals surface area (Å²) in [5.74, 6) is 5.64. The molecule has 0 radical (unpaired) electrons. The molecular formula is C15H13FN4O. The Kier molecular flexibility index (Phi) is 3.61. The van der Waals surface area contributed by atoms with Crippen molar-refractivity contribution < 1.29 is 9.13 Å². The van der Waals surface area contributed by atoms with E-state index in [0.29, 0.717) is 17.0 Å². The van der Waals surface area contributed by atoms with E-state index in [1.54, 1.807) is 18.2 Å². The van der Waals surface area contributed by atoms with Gasteiger partial charge in [0.25, 0.3) is 0 Å². The number of anilines is 1. The van der Waals surface area contributed by atoms with E-state index in [1.165, 1.54) is 6.07 Å². The minimum absolute atomic E-state index is 0.0810. The van der Waals surface area contributed by atoms with Crippen LogP contribution in [0.25, 0.3) is 10.9 Å². The third-order valence-corrected chi connectivity index (χ3v) is 3.02. The fraction of sp³-hybridized carbons (Fsp3) is 0.0667. The summed E-state index contributed by atoms with van der Waals surface area (Å²) in [4.78, 5) is 8.40. The molecule has 0 atom stereocenters. The van der Waals surface area contributed by atoms with Gasteiger partial charge in [-0.25, -0.2) is 15.2 Å². The predicted molar refractivity (Wildman–Crippen MR) is 78.1 cm³/mol. The lowest BCUT2D eigenvalue weighted by Crippen LogP contribution is -2.11. The second-order valence-corrected chi connectivity index (χ2v) is 4.39. The minimum atomic E-state index is -0.312. The van der Waals surface area contributed by atoms with Gasteiger partial charge in [-0.05, 0) is 18.2 Å². The maximum atomic E-state index is 13.6. The van der Waals surface area contributed by atoms with E-state index >= 15 is 0 Å². The van der Waals surface area contributed by atoms with Gasteiger partial charge < -0.3 is 4.74 Å². The van der Waals surface area contributed by atoms with E-state index in [1.807, 2.05) is 24.3 Å². The first-order valence-electron chi connectivity index (χ1n) is 6.37. The highest BCUT2D eigenvalue weighted by Gasteiger charge is 2.09. The van der Waals surface area contributed by atoms with Crippen LogP contribution >= 0.6 is 0 Å². The summed E-state index contributed by atoms with van der Waals surface area (Å²) in [6.07, 6.45) is 0. The van der Waals surface area contributed by atoms with Crippen LogP contribution in [0.5, 0.6) is 5.88 Å². The van der Waals surface area contributed by atoms with Crippen molar-refractivity contribution in [2.24, 2.45) is 5.84 Å². The SMILES string of the molecule is NNc1nc(OCc2ccccc2F)c2ccccc2n1. The molecule has 0 fully saturated rings. The quantitative estimate of drug-likeness (QED) is 0.569. The van der Waals surface area contributed by atoms with Gasteiger partial charge in [-0.15, -0.1) is 0 Å². The Morgan fingerprint density at radius 3 is 2.62 bits per heavy atom. The van der Waals surface area contributed by atoms with E-state index in [9.17, 15) is 4.39 Å². The zero-order chi connectivity index (χ0) is 14.7. The van der Waals surface area contributed by atoms with Gasteiger partial charge in [0, 0.05) is 5.56 Å². The van der Waals surface area contributed by atoms with E-state index in [0.717, 1.165) is 5.39 Å². The van der Waals surface area contributed by atoms with Gasteiger partial charge in [-0.3, -0.25) is 5.43 Å². The van der Waals surface area contributed by atoms with Crippen LogP contribution in [0.1, 0.15) is 5.56 Å². The average Bonchev–Trinajstić information content (AvgIpc) is 2.53. The van der Waals surface area contributed by atoms with Gasteiger partial charge in [0.2, 0.25) is 11.8 Å². The molecule has 3 aromatic rings. The molecule has 0 saturated heterocycles. The third kappa shape index (κ3) is 2.75. The van der Waals surface area contributed by atoms with Crippen molar-refractivity contribution in [2.45, 2.75) is 6.61 Å². The number of benzene rings is 2. The number of nitrogens with two attached hydrogens (primary N) is 1. The van der Waals surface area contributed by atoms with Gasteiger partial charge in [-0.1, -0.05) is 30.3 Å². The Labute approximate surface area is 120 Å². The number of para-hydroxylation sites is 1. The van der Waals surface area contributed by atoms with Crippen molar-refractivity contribution in [2.75, 3.05) is 5.43 Å². The zero-order valence-corrected chi connectivity index (χ0v) is 11.1. The monoisotopic (exact) mass is 284 g/mol. The Morgan fingerprint density at radius 2 is 1.81 bits per heavy atom. The third-order valence-electron chi connectivity index (χ3n) is 3.02. The summed E-state index contributed by atoms with van der Waals surface area (Å²) < 4.78 is 19.2. The molecule has 3 N–H and O–H groups in total. The van der Waals surface area contributed by atoms with Crippen molar-refractivity contribution >= 4 is 16.9 Å². The first kappa shape index (κ1) is 13.3. The molecule has 0 aliphatic heterocycles. The second-order valence-electron chi connectivity index (χ2n) is 4.39. The standard InChI is InChI=1S/C15H13FN4O/c16-12-7-3-1-5-10(12)9-21-14-11-6-2-4-8-13(11)18-15(19-14)20-17/h1-8H,9,17H2,(H,18,19,20). The van der Waals surface area contributed by atoms with E-state index < -0.39 is 0 Å². The smallest absolute Gasteiger partial charge is 0.241 e. The molecule has 106 valence electrons. The van der Waals surface area contributed by atoms with E-state index in [-0.39, 0.29) is 18.4 Å². The normalized spacial score (nSPS) is 10.6. The molecule has 3 rings (SSSR count). The number of ether oxygens (including phenoxy) is 1. The Morgan fingerprint density at radius 1 is 1.05 bits per heavy atom. The molecule has 0 spiro atoms. The molecule has 0 saturated carbocycles. The maximum absolute atomic E-state index is 13.6. The number of nitrogens with zero attached hydrogens (tertiary/aromatic N) is 2. The molecule has 21 heavy (non-hydrogen) atoms. The van der Waals surface area contributed by atoms with E-state index in [2.05, 4.69) is 15.4 Å². The van der Waals surface area contributed by atoms with Gasteiger partial charge in [0.05, 0.1) is 10.9 Å². The Balaban J connectivity index is 1.94. The fourth-order valence-corrected chi connectivity index (χ4v) is 1.98. The summed E-state index contributed by atoms with van der Waals surface area (Å²) in [5.41, 5.74) is 3.55. The highest BCUT2D eigenvalue weighted by molar-refractivity contribution is 5.84. The van der Waals surface area contributed by atoms with Crippen molar-refractivity contribution in [3.05, 3.63) is 59.9 Å². The summed E-state index contributed by atoms with van der Waals surface area (Å²) in [6.45, 7) is 0.0810. The first-order valence-corrected chi connectivity index (χ1v) is 6.37. The van der Waals surface area contributed by atoms with Crippen LogP contribution in [0, 0.1) is 5.82 Å². The van der Waals surface area contributed by atoms with Crippen molar-refractivity contribution in [3.63, 3.8) is 0 Å². The number of rotatable bonds is 4. The van der Waals surface area contributed by atoms with Crippen LogP contribution in [0.15, 0.2) is 48.5 Å². The minimum Gasteiger partial charge on any atom is -0.472 e. The fourth-order valence-electron chi connectivity index (χ4n) is 1.98. The largest absolute Gasteiger partial charge is 0.472 e. The maximum Gasteiger partial charge on any atom is 0.241 e. The predicted octanol–water partition coefficient (Wildman–Crippen LogP) is 2.63. The molecule has 0 amide bonds. The van der Waals surface area contributed by atoms with Crippen LogP contribution in [-0.4, -0.2) is 9.97 Å². The molecule has 6 heteroatoms. The number of fused-ring (bicyclic) bond motifs is 1.